The summed E-state index contributed by atoms with van der Waals surface area (Å²) in [6, 6.07) is 15.0. The number of rotatable bonds is 6. The highest BCUT2D eigenvalue weighted by Gasteiger charge is 2.29. The number of hydrogen-bond donors (Lipinski definition) is 3. The summed E-state index contributed by atoms with van der Waals surface area (Å²) >= 11 is 0. The van der Waals surface area contributed by atoms with Gasteiger partial charge in [-0.25, -0.2) is 18.7 Å². The Balaban J connectivity index is 0.000000155. The molecule has 6 aromatic rings. The van der Waals surface area contributed by atoms with Gasteiger partial charge < -0.3 is 29.1 Å². The van der Waals surface area contributed by atoms with Gasteiger partial charge in [-0.2, -0.15) is 0 Å². The van der Waals surface area contributed by atoms with E-state index in [1.807, 2.05) is 62.4 Å². The van der Waals surface area contributed by atoms with Crippen molar-refractivity contribution in [1.82, 2.24) is 15.3 Å². The SMILES string of the molecule is CC1CCCO1.Cc1ccc2c(O)c(C=C3N=Nc4ncccc43)oc2c1CC1CCCC[C@@H]1F.Cc1ccc2c(O)c(C=C3N=Nc4ncccc43)oc2c1CC1CCNC[C@@H]1F.[2HH]. The molecule has 0 spiro atoms. The highest BCUT2D eigenvalue weighted by atomic mass is 19.1. The molecule has 3 N–H and O–H groups in total. The molecule has 2 saturated heterocycles. The number of aromatic nitrogens is 2. The Morgan fingerprint density at radius 1 is 0.688 bits per heavy atom. The molecule has 12 nitrogen and oxygen atoms in total. The maximum absolute atomic E-state index is 14.4. The molecule has 64 heavy (non-hydrogen) atoms. The second kappa shape index (κ2) is 18.9. The normalized spacial score (nSPS) is 23.6. The first-order valence-electron chi connectivity index (χ1n) is 22.4. The van der Waals surface area contributed by atoms with Gasteiger partial charge in [0.2, 0.25) is 0 Å². The van der Waals surface area contributed by atoms with Crippen molar-refractivity contribution in [3.05, 3.63) is 106 Å². The van der Waals surface area contributed by atoms with Crippen LogP contribution < -0.4 is 5.32 Å². The third-order valence-electron chi connectivity index (χ3n) is 13.0. The maximum atomic E-state index is 14.4. The molecule has 1 saturated carbocycles. The van der Waals surface area contributed by atoms with Crippen LogP contribution in [0.1, 0.15) is 98.2 Å². The molecule has 5 atom stereocenters. The summed E-state index contributed by atoms with van der Waals surface area (Å²) in [5, 5.41) is 42.3. The van der Waals surface area contributed by atoms with Gasteiger partial charge in [-0.3, -0.25) is 0 Å². The largest absolute Gasteiger partial charge is 0.504 e. The zero-order valence-corrected chi connectivity index (χ0v) is 36.4. The lowest BCUT2D eigenvalue weighted by Gasteiger charge is -2.27. The van der Waals surface area contributed by atoms with Crippen LogP contribution in [-0.2, 0) is 17.6 Å². The van der Waals surface area contributed by atoms with E-state index in [9.17, 15) is 19.0 Å². The molecule has 3 unspecified atom stereocenters. The molecule has 0 amide bonds. The number of furan rings is 2. The zero-order chi connectivity index (χ0) is 44.3. The van der Waals surface area contributed by atoms with Crippen molar-refractivity contribution in [3.8, 4) is 11.5 Å². The maximum Gasteiger partial charge on any atom is 0.183 e. The van der Waals surface area contributed by atoms with Crippen molar-refractivity contribution in [2.75, 3.05) is 19.7 Å². The van der Waals surface area contributed by atoms with E-state index in [-0.39, 0.29) is 24.8 Å². The van der Waals surface area contributed by atoms with Crippen LogP contribution in [0.2, 0.25) is 0 Å². The molecular formula is C50H55F2N7O5. The zero-order valence-electron chi connectivity index (χ0n) is 36.4. The average molecular weight is 873 g/mol. The van der Waals surface area contributed by atoms with E-state index in [2.05, 4.69) is 42.7 Å². The molecule has 4 aromatic heterocycles. The van der Waals surface area contributed by atoms with Gasteiger partial charge in [0.15, 0.2) is 34.7 Å². The number of ether oxygens (including phenoxy) is 1. The van der Waals surface area contributed by atoms with Gasteiger partial charge in [0.1, 0.15) is 34.9 Å². The average Bonchev–Trinajstić information content (AvgIpc) is 4.16. The molecule has 334 valence electrons. The number of benzene rings is 2. The predicted octanol–water partition coefficient (Wildman–Crippen LogP) is 12.9. The fourth-order valence-corrected chi connectivity index (χ4v) is 9.23. The van der Waals surface area contributed by atoms with Crippen molar-refractivity contribution in [2.45, 2.75) is 97.0 Å². The van der Waals surface area contributed by atoms with Crippen molar-refractivity contribution < 1.29 is 34.0 Å². The van der Waals surface area contributed by atoms with Gasteiger partial charge >= 0.3 is 0 Å². The summed E-state index contributed by atoms with van der Waals surface area (Å²) in [7, 11) is 0. The van der Waals surface area contributed by atoms with Gasteiger partial charge in [-0.05, 0) is 143 Å². The number of aryl methyl sites for hydroxylation is 2. The minimum absolute atomic E-state index is 0. The van der Waals surface area contributed by atoms with Gasteiger partial charge in [0, 0.05) is 50.3 Å². The number of pyridine rings is 2. The third-order valence-corrected chi connectivity index (χ3v) is 13.0. The first-order valence-corrected chi connectivity index (χ1v) is 22.4. The summed E-state index contributed by atoms with van der Waals surface area (Å²) in [6.07, 6.45) is 13.7. The molecule has 11 rings (SSSR count). The Labute approximate surface area is 371 Å². The van der Waals surface area contributed by atoms with Gasteiger partial charge in [0.25, 0.3) is 0 Å². The Morgan fingerprint density at radius 2 is 1.23 bits per heavy atom. The van der Waals surface area contributed by atoms with Crippen LogP contribution in [0.3, 0.4) is 0 Å². The lowest BCUT2D eigenvalue weighted by atomic mass is 9.82. The second-order valence-electron chi connectivity index (χ2n) is 17.4. The van der Waals surface area contributed by atoms with Crippen molar-refractivity contribution >= 4 is 57.1 Å². The van der Waals surface area contributed by atoms with Crippen LogP contribution in [0.4, 0.5) is 20.4 Å². The number of nitrogens with zero attached hydrogens (tertiary/aromatic N) is 6. The number of piperidine rings is 1. The molecule has 0 radical (unpaired) electrons. The van der Waals surface area contributed by atoms with Crippen LogP contribution in [0.5, 0.6) is 11.5 Å². The standard InChI is InChI=1S/C23H22FN3O2.C22H21FN4O2.C5H10O.H2/c1-13-8-9-16-21(28)20(12-19-15-6-4-10-25-23(15)27-26-19)29-22(16)17(13)11-14-5-2-3-7-18(14)24;1-12-4-5-15-20(28)19(10-18-14-3-2-7-25-22(14)27-26-18)29-21(15)16(12)9-13-6-8-24-11-17(13)23;1-5-3-2-4-6-5;/h4,6,8-10,12,14,18,28H,2-3,5,7,11H2,1H3;2-5,7,10,13,17,24,28H,6,8-9,11H2,1H3;5H,2-4H2,1H3;1H/t14?,18-;13?,17-;;/m00../s1/i;;;1+1. The Bertz CT molecular complexity index is 2610. The number of fused-ring (bicyclic) bond motifs is 4. The number of halogens is 2. The van der Waals surface area contributed by atoms with Crippen LogP contribution in [0.15, 0.2) is 90.2 Å². The fourth-order valence-electron chi connectivity index (χ4n) is 9.23. The van der Waals surface area contributed by atoms with Gasteiger partial charge in [-0.15, -0.1) is 20.5 Å². The topological polar surface area (TPSA) is 163 Å². The summed E-state index contributed by atoms with van der Waals surface area (Å²) in [5.41, 5.74) is 8.03. The third kappa shape index (κ3) is 8.98. The number of hydrogen-bond acceptors (Lipinski definition) is 12. The number of aromatic hydroxyl groups is 2. The van der Waals surface area contributed by atoms with Gasteiger partial charge in [0.05, 0.1) is 16.9 Å². The molecule has 14 heteroatoms. The summed E-state index contributed by atoms with van der Waals surface area (Å²) in [4.78, 5) is 8.36. The molecule has 0 bridgehead atoms. The molecular weight excluding hydrogens is 817 g/mol. The lowest BCUT2D eigenvalue weighted by Crippen LogP contribution is -2.39. The number of nitrogens with one attached hydrogen (secondary N) is 1. The van der Waals surface area contributed by atoms with Crippen molar-refractivity contribution in [2.24, 2.45) is 32.3 Å². The Morgan fingerprint density at radius 3 is 1.72 bits per heavy atom. The minimum atomic E-state index is -0.883. The van der Waals surface area contributed by atoms with E-state index < -0.39 is 12.3 Å². The van der Waals surface area contributed by atoms with Crippen LogP contribution in [0, 0.1) is 25.7 Å². The summed E-state index contributed by atoms with van der Waals surface area (Å²) in [6.45, 7) is 8.32. The van der Waals surface area contributed by atoms with E-state index in [4.69, 9.17) is 13.6 Å². The summed E-state index contributed by atoms with van der Waals surface area (Å²) < 4.78 is 46.1. The Kier molecular flexibility index (Phi) is 12.8. The van der Waals surface area contributed by atoms with Crippen molar-refractivity contribution in [3.63, 3.8) is 0 Å². The van der Waals surface area contributed by atoms with E-state index in [0.717, 1.165) is 72.2 Å². The fraction of sp³-hybridized carbons (Fsp3) is 0.400. The number of alkyl halides is 2. The molecule has 2 aromatic carbocycles. The minimum Gasteiger partial charge on any atom is -0.504 e. The molecule has 5 aliphatic rings. The highest BCUT2D eigenvalue weighted by Crippen LogP contribution is 2.43. The first-order chi connectivity index (χ1) is 31.1. The number of azo groups is 2. The molecule has 3 fully saturated rings. The van der Waals surface area contributed by atoms with Crippen LogP contribution in [0.25, 0.3) is 45.5 Å². The quantitative estimate of drug-likeness (QED) is 0.149. The first kappa shape index (κ1) is 43.1. The predicted molar refractivity (Wildman–Crippen MR) is 245 cm³/mol. The van der Waals surface area contributed by atoms with Crippen LogP contribution >= 0.6 is 0 Å². The molecule has 1 aliphatic carbocycles. The van der Waals surface area contributed by atoms with Crippen molar-refractivity contribution in [1.29, 1.82) is 0 Å². The van der Waals surface area contributed by atoms with E-state index >= 15 is 0 Å². The monoisotopic (exact) mass is 872 g/mol. The highest BCUT2D eigenvalue weighted by molar-refractivity contribution is 5.96. The van der Waals surface area contributed by atoms with E-state index in [1.54, 1.807) is 24.5 Å². The molecule has 8 heterocycles. The second-order valence-corrected chi connectivity index (χ2v) is 17.4. The van der Waals surface area contributed by atoms with Gasteiger partial charge in [-0.1, -0.05) is 25.0 Å². The smallest absolute Gasteiger partial charge is 0.183 e. The van der Waals surface area contributed by atoms with E-state index in [1.165, 1.54) is 12.8 Å². The summed E-state index contributed by atoms with van der Waals surface area (Å²) in [5.74, 6) is 1.82. The molecule has 4 aliphatic heterocycles. The Hall–Kier alpha value is -6.12. The van der Waals surface area contributed by atoms with Crippen LogP contribution in [-0.4, -0.2) is 58.3 Å². The lowest BCUT2D eigenvalue weighted by molar-refractivity contribution is 0.125. The van der Waals surface area contributed by atoms with E-state index in [0.29, 0.717) is 88.4 Å².